The highest BCUT2D eigenvalue weighted by molar-refractivity contribution is 7.89. The molecule has 10 heteroatoms. The Morgan fingerprint density at radius 3 is 2.71 bits per heavy atom. The van der Waals surface area contributed by atoms with E-state index in [-0.39, 0.29) is 4.90 Å². The smallest absolute Gasteiger partial charge is 0.246 e. The molecule has 0 N–H and O–H groups in total. The normalized spacial score (nSPS) is 16.2. The molecule has 0 aliphatic carbocycles. The van der Waals surface area contributed by atoms with Crippen LogP contribution in [-0.2, 0) is 21.3 Å². The zero-order valence-corrected chi connectivity index (χ0v) is 14.4. The Balaban J connectivity index is 2.07. The predicted molar refractivity (Wildman–Crippen MR) is 85.1 cm³/mol. The molecule has 0 unspecified atom stereocenters. The number of hydrogen-bond donors (Lipinski definition) is 0. The van der Waals surface area contributed by atoms with Crippen LogP contribution in [0.1, 0.15) is 6.92 Å². The van der Waals surface area contributed by atoms with Gasteiger partial charge in [0, 0.05) is 25.2 Å². The summed E-state index contributed by atoms with van der Waals surface area (Å²) >= 11 is 0. The van der Waals surface area contributed by atoms with Crippen molar-refractivity contribution in [1.82, 2.24) is 24.5 Å². The molecule has 9 nitrogen and oxygen atoms in total. The summed E-state index contributed by atoms with van der Waals surface area (Å²) in [5, 5.41) is 11.5. The molecule has 3 rings (SSSR count). The molecule has 1 fully saturated rings. The van der Waals surface area contributed by atoms with Crippen LogP contribution in [0.25, 0.3) is 11.4 Å². The Morgan fingerprint density at radius 2 is 2.04 bits per heavy atom. The van der Waals surface area contributed by atoms with Crippen LogP contribution < -0.4 is 4.74 Å². The van der Waals surface area contributed by atoms with Crippen molar-refractivity contribution in [3.63, 3.8) is 0 Å². The van der Waals surface area contributed by atoms with Crippen molar-refractivity contribution in [3.05, 3.63) is 18.2 Å². The first-order chi connectivity index (χ1) is 11.6. The predicted octanol–water partition coefficient (Wildman–Crippen LogP) is 0.389. The molecular formula is C14H19N5O4S. The summed E-state index contributed by atoms with van der Waals surface area (Å²) < 4.78 is 39.4. The van der Waals surface area contributed by atoms with Crippen LogP contribution in [0.15, 0.2) is 23.1 Å². The second-order valence-corrected chi connectivity index (χ2v) is 7.11. The summed E-state index contributed by atoms with van der Waals surface area (Å²) in [4.78, 5) is 0.107. The molecule has 1 saturated heterocycles. The molecule has 0 bridgehead atoms. The number of hydrogen-bond acceptors (Lipinski definition) is 7. The summed E-state index contributed by atoms with van der Waals surface area (Å²) in [5.41, 5.74) is 0.620. The minimum Gasteiger partial charge on any atom is -0.495 e. The molecule has 0 saturated carbocycles. The van der Waals surface area contributed by atoms with Crippen molar-refractivity contribution in [2.24, 2.45) is 0 Å². The van der Waals surface area contributed by atoms with E-state index in [2.05, 4.69) is 15.5 Å². The van der Waals surface area contributed by atoms with Gasteiger partial charge in [-0.2, -0.15) is 4.31 Å². The SMILES string of the molecule is CCn1nnnc1-c1ccc(OC)c(S(=O)(=O)N2CCOCC2)c1. The van der Waals surface area contributed by atoms with Crippen LogP contribution in [0.5, 0.6) is 5.75 Å². The fraction of sp³-hybridized carbons (Fsp3) is 0.500. The second kappa shape index (κ2) is 6.83. The quantitative estimate of drug-likeness (QED) is 0.766. The number of ether oxygens (including phenoxy) is 2. The summed E-state index contributed by atoms with van der Waals surface area (Å²) in [7, 11) is -2.24. The molecule has 1 aromatic heterocycles. The molecular weight excluding hydrogens is 334 g/mol. The first-order valence-electron chi connectivity index (χ1n) is 7.60. The van der Waals surface area contributed by atoms with Crippen LogP contribution in [0.3, 0.4) is 0 Å². The fourth-order valence-corrected chi connectivity index (χ4v) is 4.16. The Kier molecular flexibility index (Phi) is 4.78. The Bertz CT molecular complexity index is 814. The van der Waals surface area contributed by atoms with E-state index in [0.29, 0.717) is 50.0 Å². The van der Waals surface area contributed by atoms with Crippen molar-refractivity contribution in [2.75, 3.05) is 33.4 Å². The zero-order chi connectivity index (χ0) is 17.2. The van der Waals surface area contributed by atoms with Gasteiger partial charge in [0.15, 0.2) is 5.82 Å². The van der Waals surface area contributed by atoms with Crippen molar-refractivity contribution >= 4 is 10.0 Å². The van der Waals surface area contributed by atoms with Gasteiger partial charge in [0.05, 0.1) is 20.3 Å². The van der Waals surface area contributed by atoms with Crippen LogP contribution in [0.4, 0.5) is 0 Å². The van der Waals surface area contributed by atoms with E-state index in [1.165, 1.54) is 11.4 Å². The second-order valence-electron chi connectivity index (χ2n) is 5.20. The number of methoxy groups -OCH3 is 1. The van der Waals surface area contributed by atoms with Crippen LogP contribution in [0.2, 0.25) is 0 Å². The van der Waals surface area contributed by atoms with Gasteiger partial charge in [-0.1, -0.05) is 0 Å². The summed E-state index contributed by atoms with van der Waals surface area (Å²) in [6.45, 7) is 3.91. The van der Waals surface area contributed by atoms with Gasteiger partial charge in [0.2, 0.25) is 10.0 Å². The van der Waals surface area contributed by atoms with E-state index in [0.717, 1.165) is 0 Å². The topological polar surface area (TPSA) is 99.4 Å². The van der Waals surface area contributed by atoms with E-state index in [1.807, 2.05) is 6.92 Å². The first kappa shape index (κ1) is 16.8. The number of nitrogens with zero attached hydrogens (tertiary/aromatic N) is 5. The van der Waals surface area contributed by atoms with Crippen molar-refractivity contribution < 1.29 is 17.9 Å². The van der Waals surface area contributed by atoms with Crippen LogP contribution >= 0.6 is 0 Å². The van der Waals surface area contributed by atoms with Crippen molar-refractivity contribution in [1.29, 1.82) is 0 Å². The summed E-state index contributed by atoms with van der Waals surface area (Å²) in [5.74, 6) is 0.805. The molecule has 2 aromatic rings. The number of aryl methyl sites for hydroxylation is 1. The van der Waals surface area contributed by atoms with Gasteiger partial charge in [-0.3, -0.25) is 0 Å². The first-order valence-corrected chi connectivity index (χ1v) is 9.04. The third-order valence-corrected chi connectivity index (χ3v) is 5.76. The number of morpholine rings is 1. The number of benzene rings is 1. The Labute approximate surface area is 140 Å². The fourth-order valence-electron chi connectivity index (χ4n) is 2.57. The molecule has 0 spiro atoms. The molecule has 1 aliphatic rings. The number of aromatic nitrogens is 4. The molecule has 0 atom stereocenters. The van der Waals surface area contributed by atoms with E-state index in [9.17, 15) is 8.42 Å². The van der Waals surface area contributed by atoms with E-state index in [4.69, 9.17) is 9.47 Å². The lowest BCUT2D eigenvalue weighted by atomic mass is 10.2. The minimum absolute atomic E-state index is 0.107. The van der Waals surface area contributed by atoms with Crippen molar-refractivity contribution in [2.45, 2.75) is 18.4 Å². The maximum atomic E-state index is 13.0. The summed E-state index contributed by atoms with van der Waals surface area (Å²) in [6, 6.07) is 4.92. The van der Waals surface area contributed by atoms with Gasteiger partial charge in [-0.05, 0) is 35.5 Å². The van der Waals surface area contributed by atoms with E-state index < -0.39 is 10.0 Å². The Hall–Kier alpha value is -2.04. The molecule has 0 radical (unpaired) electrons. The van der Waals surface area contributed by atoms with Gasteiger partial charge < -0.3 is 9.47 Å². The van der Waals surface area contributed by atoms with Gasteiger partial charge in [-0.25, -0.2) is 13.1 Å². The number of tetrazole rings is 1. The average molecular weight is 353 g/mol. The molecule has 1 aliphatic heterocycles. The van der Waals surface area contributed by atoms with Gasteiger partial charge in [0.1, 0.15) is 10.6 Å². The molecule has 1 aromatic carbocycles. The van der Waals surface area contributed by atoms with Crippen molar-refractivity contribution in [3.8, 4) is 17.1 Å². The lowest BCUT2D eigenvalue weighted by Crippen LogP contribution is -2.40. The third kappa shape index (κ3) is 2.99. The molecule has 2 heterocycles. The van der Waals surface area contributed by atoms with Crippen LogP contribution in [-0.4, -0.2) is 66.3 Å². The van der Waals surface area contributed by atoms with Crippen LogP contribution in [0, 0.1) is 0 Å². The highest BCUT2D eigenvalue weighted by Crippen LogP contribution is 2.31. The lowest BCUT2D eigenvalue weighted by Gasteiger charge is -2.26. The van der Waals surface area contributed by atoms with E-state index in [1.54, 1.807) is 22.9 Å². The third-order valence-electron chi connectivity index (χ3n) is 3.84. The molecule has 130 valence electrons. The lowest BCUT2D eigenvalue weighted by molar-refractivity contribution is 0.0729. The summed E-state index contributed by atoms with van der Waals surface area (Å²) in [6.07, 6.45) is 0. The highest BCUT2D eigenvalue weighted by Gasteiger charge is 2.30. The average Bonchev–Trinajstić information content (AvgIpc) is 3.10. The maximum Gasteiger partial charge on any atom is 0.246 e. The molecule has 0 amide bonds. The molecule has 24 heavy (non-hydrogen) atoms. The number of rotatable bonds is 5. The highest BCUT2D eigenvalue weighted by atomic mass is 32.2. The van der Waals surface area contributed by atoms with Gasteiger partial charge in [0.25, 0.3) is 0 Å². The van der Waals surface area contributed by atoms with E-state index >= 15 is 0 Å². The van der Waals surface area contributed by atoms with Gasteiger partial charge >= 0.3 is 0 Å². The zero-order valence-electron chi connectivity index (χ0n) is 13.5. The standard InChI is InChI=1S/C14H19N5O4S/c1-3-19-14(15-16-17-19)11-4-5-12(22-2)13(10-11)24(20,21)18-6-8-23-9-7-18/h4-5,10H,3,6-9H2,1-2H3. The number of sulfonamides is 1. The Morgan fingerprint density at radius 1 is 1.29 bits per heavy atom. The largest absolute Gasteiger partial charge is 0.495 e. The minimum atomic E-state index is -3.69. The maximum absolute atomic E-state index is 13.0. The monoisotopic (exact) mass is 353 g/mol. The van der Waals surface area contributed by atoms with Gasteiger partial charge in [-0.15, -0.1) is 5.10 Å².